The van der Waals surface area contributed by atoms with Crippen LogP contribution in [0, 0.1) is 0 Å². The zero-order chi connectivity index (χ0) is 20.7. The van der Waals surface area contributed by atoms with Gasteiger partial charge in [-0.2, -0.15) is 0 Å². The van der Waals surface area contributed by atoms with Gasteiger partial charge in [-0.1, -0.05) is 17.7 Å². The van der Waals surface area contributed by atoms with Gasteiger partial charge in [-0.3, -0.25) is 9.69 Å². The quantitative estimate of drug-likeness (QED) is 0.514. The standard InChI is InChI=1S/C23H21ClN4O2/c1-30-16-3-5-20-17(11-16)19(12-25-20)14-6-8-28(9-7-14)13-22-26-21-4-2-15(24)10-18(21)23(29)27-22/h2-6,10-12,25H,7-9,13H2,1H3,(H,26,27,29). The summed E-state index contributed by atoms with van der Waals surface area (Å²) in [5.74, 6) is 1.53. The zero-order valence-electron chi connectivity index (χ0n) is 16.5. The highest BCUT2D eigenvalue weighted by Crippen LogP contribution is 2.31. The molecule has 0 saturated carbocycles. The molecule has 2 aromatic heterocycles. The van der Waals surface area contributed by atoms with E-state index in [1.807, 2.05) is 12.1 Å². The Morgan fingerprint density at radius 1 is 1.20 bits per heavy atom. The summed E-state index contributed by atoms with van der Waals surface area (Å²) in [5.41, 5.74) is 4.16. The second-order valence-corrected chi connectivity index (χ2v) is 7.94. The summed E-state index contributed by atoms with van der Waals surface area (Å²) in [7, 11) is 1.69. The number of hydrogen-bond acceptors (Lipinski definition) is 4. The molecule has 0 fully saturated rings. The molecule has 4 aromatic rings. The molecule has 0 atom stereocenters. The fourth-order valence-corrected chi connectivity index (χ4v) is 4.21. The van der Waals surface area contributed by atoms with Gasteiger partial charge in [-0.15, -0.1) is 0 Å². The van der Waals surface area contributed by atoms with E-state index in [1.54, 1.807) is 25.3 Å². The number of benzene rings is 2. The molecule has 6 nitrogen and oxygen atoms in total. The van der Waals surface area contributed by atoms with Crippen molar-refractivity contribution in [2.45, 2.75) is 13.0 Å². The molecule has 152 valence electrons. The highest BCUT2D eigenvalue weighted by molar-refractivity contribution is 6.31. The lowest BCUT2D eigenvalue weighted by Gasteiger charge is -2.25. The maximum atomic E-state index is 12.4. The van der Waals surface area contributed by atoms with E-state index in [1.165, 1.54) is 16.5 Å². The fraction of sp³-hybridized carbons (Fsp3) is 0.217. The molecule has 0 unspecified atom stereocenters. The predicted molar refractivity (Wildman–Crippen MR) is 120 cm³/mol. The van der Waals surface area contributed by atoms with Crippen LogP contribution in [0.25, 0.3) is 27.4 Å². The second kappa shape index (κ2) is 7.63. The summed E-state index contributed by atoms with van der Waals surface area (Å²) in [6.07, 6.45) is 5.25. The highest BCUT2D eigenvalue weighted by Gasteiger charge is 2.17. The van der Waals surface area contributed by atoms with E-state index >= 15 is 0 Å². The van der Waals surface area contributed by atoms with Crippen molar-refractivity contribution in [2.24, 2.45) is 0 Å². The maximum absolute atomic E-state index is 12.4. The van der Waals surface area contributed by atoms with Crippen LogP contribution in [0.5, 0.6) is 5.75 Å². The van der Waals surface area contributed by atoms with Crippen LogP contribution < -0.4 is 10.3 Å². The Hall–Kier alpha value is -3.09. The molecule has 1 aliphatic rings. The molecular weight excluding hydrogens is 400 g/mol. The van der Waals surface area contributed by atoms with Crippen molar-refractivity contribution in [3.8, 4) is 5.75 Å². The second-order valence-electron chi connectivity index (χ2n) is 7.50. The molecule has 30 heavy (non-hydrogen) atoms. The number of rotatable bonds is 4. The first-order chi connectivity index (χ1) is 14.6. The number of methoxy groups -OCH3 is 1. The number of aromatic amines is 2. The number of fused-ring (bicyclic) bond motifs is 2. The van der Waals surface area contributed by atoms with E-state index in [9.17, 15) is 4.79 Å². The van der Waals surface area contributed by atoms with Gasteiger partial charge in [0.15, 0.2) is 0 Å². The van der Waals surface area contributed by atoms with E-state index in [0.29, 0.717) is 28.3 Å². The topological polar surface area (TPSA) is 74.0 Å². The monoisotopic (exact) mass is 420 g/mol. The molecule has 0 spiro atoms. The van der Waals surface area contributed by atoms with Crippen molar-refractivity contribution >= 4 is 39.0 Å². The summed E-state index contributed by atoms with van der Waals surface area (Å²) in [6, 6.07) is 11.3. The molecule has 0 saturated heterocycles. The molecule has 5 rings (SSSR count). The number of ether oxygens (including phenoxy) is 1. The number of nitrogens with one attached hydrogen (secondary N) is 2. The Labute approximate surface area is 178 Å². The van der Waals surface area contributed by atoms with E-state index in [4.69, 9.17) is 16.3 Å². The predicted octanol–water partition coefficient (Wildman–Crippen LogP) is 4.36. The Morgan fingerprint density at radius 2 is 2.10 bits per heavy atom. The highest BCUT2D eigenvalue weighted by atomic mass is 35.5. The average Bonchev–Trinajstić information content (AvgIpc) is 3.18. The van der Waals surface area contributed by atoms with Crippen LogP contribution in [0.15, 0.2) is 53.5 Å². The first kappa shape index (κ1) is 18.9. The zero-order valence-corrected chi connectivity index (χ0v) is 17.3. The number of hydrogen-bond donors (Lipinski definition) is 2. The summed E-state index contributed by atoms with van der Waals surface area (Å²) in [5, 5.41) is 2.22. The first-order valence-electron chi connectivity index (χ1n) is 9.86. The smallest absolute Gasteiger partial charge is 0.258 e. The van der Waals surface area contributed by atoms with Crippen LogP contribution in [-0.2, 0) is 6.54 Å². The van der Waals surface area contributed by atoms with Crippen molar-refractivity contribution in [3.05, 3.63) is 75.4 Å². The Kier molecular flexibility index (Phi) is 4.81. The van der Waals surface area contributed by atoms with Crippen LogP contribution in [0.1, 0.15) is 17.8 Å². The summed E-state index contributed by atoms with van der Waals surface area (Å²) in [6.45, 7) is 2.29. The van der Waals surface area contributed by atoms with Gasteiger partial charge in [-0.05, 0) is 48.4 Å². The number of nitrogens with zero attached hydrogens (tertiary/aromatic N) is 2. The van der Waals surface area contributed by atoms with Crippen LogP contribution >= 0.6 is 11.6 Å². The van der Waals surface area contributed by atoms with Gasteiger partial charge in [0.1, 0.15) is 11.6 Å². The Balaban J connectivity index is 1.36. The molecule has 0 amide bonds. The minimum absolute atomic E-state index is 0.154. The maximum Gasteiger partial charge on any atom is 0.258 e. The first-order valence-corrected chi connectivity index (χ1v) is 10.2. The van der Waals surface area contributed by atoms with E-state index in [0.717, 1.165) is 30.8 Å². The minimum atomic E-state index is -0.154. The Morgan fingerprint density at radius 3 is 2.90 bits per heavy atom. The van der Waals surface area contributed by atoms with Crippen LogP contribution in [-0.4, -0.2) is 40.1 Å². The van der Waals surface area contributed by atoms with Crippen molar-refractivity contribution < 1.29 is 4.74 Å². The lowest BCUT2D eigenvalue weighted by molar-refractivity contribution is 0.286. The number of halogens is 1. The SMILES string of the molecule is COc1ccc2[nH]cc(C3=CCN(Cc4nc5ccc(Cl)cc5c(=O)[nH]4)CC3)c2c1. The molecule has 3 heterocycles. The van der Waals surface area contributed by atoms with Gasteiger partial charge < -0.3 is 14.7 Å². The Bertz CT molecular complexity index is 1340. The van der Waals surface area contributed by atoms with Crippen LogP contribution in [0.2, 0.25) is 5.02 Å². The molecule has 2 N–H and O–H groups in total. The van der Waals surface area contributed by atoms with E-state index in [2.05, 4.69) is 38.2 Å². The third-order valence-electron chi connectivity index (χ3n) is 5.62. The molecular formula is C23H21ClN4O2. The van der Waals surface area contributed by atoms with Crippen LogP contribution in [0.4, 0.5) is 0 Å². The molecule has 7 heteroatoms. The molecule has 0 radical (unpaired) electrons. The molecule has 2 aromatic carbocycles. The molecule has 0 bridgehead atoms. The lowest BCUT2D eigenvalue weighted by Crippen LogP contribution is -2.29. The summed E-state index contributed by atoms with van der Waals surface area (Å²) >= 11 is 5.99. The molecule has 1 aliphatic heterocycles. The van der Waals surface area contributed by atoms with Gasteiger partial charge >= 0.3 is 0 Å². The van der Waals surface area contributed by atoms with Gasteiger partial charge in [0.2, 0.25) is 0 Å². The average molecular weight is 421 g/mol. The third-order valence-corrected chi connectivity index (χ3v) is 5.85. The summed E-state index contributed by atoms with van der Waals surface area (Å²) < 4.78 is 5.38. The van der Waals surface area contributed by atoms with Gasteiger partial charge in [-0.25, -0.2) is 4.98 Å². The van der Waals surface area contributed by atoms with Crippen molar-refractivity contribution in [1.29, 1.82) is 0 Å². The van der Waals surface area contributed by atoms with Gasteiger partial charge in [0.05, 0.1) is 24.6 Å². The fourth-order valence-electron chi connectivity index (χ4n) is 4.04. The summed E-state index contributed by atoms with van der Waals surface area (Å²) in [4.78, 5) is 25.5. The third kappa shape index (κ3) is 3.49. The van der Waals surface area contributed by atoms with E-state index in [-0.39, 0.29) is 5.56 Å². The van der Waals surface area contributed by atoms with Crippen molar-refractivity contribution in [1.82, 2.24) is 19.9 Å². The number of aromatic nitrogens is 3. The number of H-pyrrole nitrogens is 2. The normalized spacial score (nSPS) is 14.9. The van der Waals surface area contributed by atoms with Gasteiger partial charge in [0, 0.05) is 40.8 Å². The van der Waals surface area contributed by atoms with Crippen molar-refractivity contribution in [3.63, 3.8) is 0 Å². The molecule has 0 aliphatic carbocycles. The van der Waals surface area contributed by atoms with Gasteiger partial charge in [0.25, 0.3) is 5.56 Å². The lowest BCUT2D eigenvalue weighted by atomic mass is 9.99. The van der Waals surface area contributed by atoms with Crippen molar-refractivity contribution in [2.75, 3.05) is 20.2 Å². The minimum Gasteiger partial charge on any atom is -0.497 e. The van der Waals surface area contributed by atoms with Crippen LogP contribution in [0.3, 0.4) is 0 Å². The largest absolute Gasteiger partial charge is 0.497 e. The van der Waals surface area contributed by atoms with E-state index < -0.39 is 0 Å².